The molecule has 1 heterocycles. The first kappa shape index (κ1) is 23.3. The first-order chi connectivity index (χ1) is 16.5. The van der Waals surface area contributed by atoms with E-state index in [0.717, 1.165) is 11.1 Å². The van der Waals surface area contributed by atoms with Gasteiger partial charge in [-0.1, -0.05) is 54.2 Å². The molecule has 4 rings (SSSR count). The highest BCUT2D eigenvalue weighted by molar-refractivity contribution is 8.18. The van der Waals surface area contributed by atoms with Crippen LogP contribution >= 0.6 is 11.8 Å². The number of thioether (sulfide) groups is 1. The quantitative estimate of drug-likeness (QED) is 0.390. The van der Waals surface area contributed by atoms with Gasteiger partial charge in [-0.3, -0.25) is 0 Å². The number of rotatable bonds is 7. The normalized spacial score (nSPS) is 15.7. The summed E-state index contributed by atoms with van der Waals surface area (Å²) < 4.78 is 23.9. The average molecular weight is 476 g/mol. The van der Waals surface area contributed by atoms with Gasteiger partial charge in [0.05, 0.1) is 17.2 Å². The Balaban J connectivity index is 1.53. The zero-order valence-corrected chi connectivity index (χ0v) is 19.2. The van der Waals surface area contributed by atoms with Crippen molar-refractivity contribution in [3.8, 4) is 5.75 Å². The number of aliphatic hydroxyl groups is 1. The lowest BCUT2D eigenvalue weighted by Crippen LogP contribution is -2.12. The Morgan fingerprint density at radius 3 is 2.41 bits per heavy atom. The lowest BCUT2D eigenvalue weighted by molar-refractivity contribution is -0.138. The lowest BCUT2D eigenvalue weighted by atomic mass is 10.1. The Morgan fingerprint density at radius 2 is 1.74 bits per heavy atom. The van der Waals surface area contributed by atoms with E-state index in [-0.39, 0.29) is 23.8 Å². The van der Waals surface area contributed by atoms with Crippen LogP contribution in [-0.2, 0) is 16.1 Å². The summed E-state index contributed by atoms with van der Waals surface area (Å²) in [5.41, 5.74) is 2.40. The van der Waals surface area contributed by atoms with E-state index in [1.54, 1.807) is 25.1 Å². The molecule has 7 heteroatoms. The number of carbonyl (C=O) groups is 1. The van der Waals surface area contributed by atoms with E-state index in [0.29, 0.717) is 28.0 Å². The summed E-state index contributed by atoms with van der Waals surface area (Å²) in [6.45, 7) is 2.22. The molecule has 3 aromatic rings. The second-order valence-corrected chi connectivity index (χ2v) is 8.32. The number of aliphatic hydroxyl groups excluding tert-OH is 1. The van der Waals surface area contributed by atoms with Crippen LogP contribution < -0.4 is 4.74 Å². The van der Waals surface area contributed by atoms with Gasteiger partial charge in [0.1, 0.15) is 34.5 Å². The van der Waals surface area contributed by atoms with Gasteiger partial charge in [0, 0.05) is 0 Å². The maximum Gasteiger partial charge on any atom is 0.344 e. The van der Waals surface area contributed by atoms with Crippen LogP contribution in [0.2, 0.25) is 0 Å². The fraction of sp³-hybridized carbons (Fsp3) is 0.111. The van der Waals surface area contributed by atoms with Crippen molar-refractivity contribution in [3.05, 3.63) is 112 Å². The van der Waals surface area contributed by atoms with Gasteiger partial charge in [0.25, 0.3) is 0 Å². The van der Waals surface area contributed by atoms with Crippen molar-refractivity contribution >= 4 is 34.5 Å². The first-order valence-electron chi connectivity index (χ1n) is 10.6. The molecule has 1 aliphatic rings. The number of ether oxygens (including phenoxy) is 2. The van der Waals surface area contributed by atoms with Crippen LogP contribution in [0.3, 0.4) is 0 Å². The number of carbonyl (C=O) groups excluding carboxylic acids is 1. The molecule has 0 atom stereocenters. The average Bonchev–Trinajstić information content (AvgIpc) is 3.14. The second-order valence-electron chi connectivity index (χ2n) is 7.29. The Kier molecular flexibility index (Phi) is 7.44. The molecular formula is C27H22FNO4S. The predicted octanol–water partition coefficient (Wildman–Crippen LogP) is 6.60. The highest BCUT2D eigenvalue weighted by Crippen LogP contribution is 2.40. The number of nitrogens with zero attached hydrogens (tertiary/aromatic N) is 1. The summed E-state index contributed by atoms with van der Waals surface area (Å²) in [5.74, 6) is -0.403. The van der Waals surface area contributed by atoms with Crippen molar-refractivity contribution in [2.75, 3.05) is 6.61 Å². The SMILES string of the molecule is CCOC(=O)C1=C(O)/C(=C/c2ccc(OCc3ccc(F)cc3)cc2)SC1=Nc1ccccc1. The molecule has 1 aliphatic heterocycles. The zero-order valence-electron chi connectivity index (χ0n) is 18.4. The topological polar surface area (TPSA) is 68.1 Å². The van der Waals surface area contributed by atoms with Crippen molar-refractivity contribution in [3.63, 3.8) is 0 Å². The lowest BCUT2D eigenvalue weighted by Gasteiger charge is -2.07. The molecule has 3 aromatic carbocycles. The van der Waals surface area contributed by atoms with Crippen LogP contribution in [0, 0.1) is 5.82 Å². The molecule has 0 unspecified atom stereocenters. The van der Waals surface area contributed by atoms with Gasteiger partial charge in [-0.05, 0) is 60.5 Å². The summed E-state index contributed by atoms with van der Waals surface area (Å²) in [4.78, 5) is 17.5. The highest BCUT2D eigenvalue weighted by Gasteiger charge is 2.33. The van der Waals surface area contributed by atoms with Crippen molar-refractivity contribution in [2.45, 2.75) is 13.5 Å². The second kappa shape index (κ2) is 10.9. The van der Waals surface area contributed by atoms with Gasteiger partial charge < -0.3 is 14.6 Å². The number of aliphatic imine (C=N–C) groups is 1. The summed E-state index contributed by atoms with van der Waals surface area (Å²) >= 11 is 1.21. The molecule has 0 spiro atoms. The van der Waals surface area contributed by atoms with Crippen LogP contribution in [-0.4, -0.2) is 22.7 Å². The number of hydrogen-bond acceptors (Lipinski definition) is 6. The van der Waals surface area contributed by atoms with E-state index < -0.39 is 5.97 Å². The first-order valence-corrected chi connectivity index (χ1v) is 11.5. The fourth-order valence-corrected chi connectivity index (χ4v) is 4.21. The van der Waals surface area contributed by atoms with Crippen LogP contribution in [0.1, 0.15) is 18.1 Å². The molecule has 172 valence electrons. The molecular weight excluding hydrogens is 453 g/mol. The van der Waals surface area contributed by atoms with Gasteiger partial charge in [0.2, 0.25) is 0 Å². The molecule has 1 N–H and O–H groups in total. The summed E-state index contributed by atoms with van der Waals surface area (Å²) in [6, 6.07) is 22.7. The Morgan fingerprint density at radius 1 is 1.03 bits per heavy atom. The fourth-order valence-electron chi connectivity index (χ4n) is 3.17. The minimum absolute atomic E-state index is 0.0567. The van der Waals surface area contributed by atoms with E-state index in [9.17, 15) is 14.3 Å². The number of para-hydroxylation sites is 1. The molecule has 0 saturated heterocycles. The van der Waals surface area contributed by atoms with Crippen LogP contribution in [0.5, 0.6) is 5.75 Å². The van der Waals surface area contributed by atoms with Crippen LogP contribution in [0.15, 0.2) is 100 Å². The standard InChI is InChI=1S/C27H22FNO4S/c1-2-32-27(31)24-25(30)23(34-26(24)29-21-6-4-3-5-7-21)16-18-10-14-22(15-11-18)33-17-19-8-12-20(28)13-9-19/h3-16,30H,2,17H2,1H3/b23-16-,29-26?. The number of halogens is 1. The van der Waals surface area contributed by atoms with Gasteiger partial charge in [0.15, 0.2) is 0 Å². The maximum absolute atomic E-state index is 13.0. The highest BCUT2D eigenvalue weighted by atomic mass is 32.2. The molecule has 0 amide bonds. The summed E-state index contributed by atoms with van der Waals surface area (Å²) in [6.07, 6.45) is 1.77. The molecule has 34 heavy (non-hydrogen) atoms. The van der Waals surface area contributed by atoms with Gasteiger partial charge in [-0.2, -0.15) is 0 Å². The molecule has 0 radical (unpaired) electrons. The third kappa shape index (κ3) is 5.74. The number of benzene rings is 3. The van der Waals surface area contributed by atoms with Crippen molar-refractivity contribution in [2.24, 2.45) is 4.99 Å². The molecule has 0 aliphatic carbocycles. The minimum atomic E-state index is -0.616. The molecule has 5 nitrogen and oxygen atoms in total. The largest absolute Gasteiger partial charge is 0.506 e. The van der Waals surface area contributed by atoms with E-state index in [2.05, 4.69) is 4.99 Å². The molecule has 0 bridgehead atoms. The monoisotopic (exact) mass is 475 g/mol. The number of hydrogen-bond donors (Lipinski definition) is 1. The Hall–Kier alpha value is -3.84. The molecule has 0 aromatic heterocycles. The predicted molar refractivity (Wildman–Crippen MR) is 133 cm³/mol. The van der Waals surface area contributed by atoms with Gasteiger partial charge in [-0.15, -0.1) is 0 Å². The van der Waals surface area contributed by atoms with Crippen molar-refractivity contribution in [1.29, 1.82) is 0 Å². The minimum Gasteiger partial charge on any atom is -0.506 e. The van der Waals surface area contributed by atoms with E-state index in [1.807, 2.05) is 54.6 Å². The van der Waals surface area contributed by atoms with E-state index >= 15 is 0 Å². The van der Waals surface area contributed by atoms with Gasteiger partial charge >= 0.3 is 5.97 Å². The van der Waals surface area contributed by atoms with E-state index in [1.165, 1.54) is 23.9 Å². The third-order valence-electron chi connectivity index (χ3n) is 4.85. The molecule has 0 saturated carbocycles. The molecule has 0 fully saturated rings. The van der Waals surface area contributed by atoms with Crippen molar-refractivity contribution in [1.82, 2.24) is 0 Å². The summed E-state index contributed by atoms with van der Waals surface area (Å²) in [7, 11) is 0. The van der Waals surface area contributed by atoms with E-state index in [4.69, 9.17) is 9.47 Å². The Labute approximate surface area is 201 Å². The van der Waals surface area contributed by atoms with Crippen LogP contribution in [0.25, 0.3) is 6.08 Å². The van der Waals surface area contributed by atoms with Crippen LogP contribution in [0.4, 0.5) is 10.1 Å². The maximum atomic E-state index is 13.0. The number of esters is 1. The summed E-state index contributed by atoms with van der Waals surface area (Å²) in [5, 5.41) is 11.2. The van der Waals surface area contributed by atoms with Crippen molar-refractivity contribution < 1.29 is 23.8 Å². The Bertz CT molecular complexity index is 1250. The smallest absolute Gasteiger partial charge is 0.344 e. The van der Waals surface area contributed by atoms with Gasteiger partial charge in [-0.25, -0.2) is 14.2 Å². The zero-order chi connectivity index (χ0) is 23.9. The third-order valence-corrected chi connectivity index (χ3v) is 5.87.